The number of thioether (sulfide) groups is 1. The van der Waals surface area contributed by atoms with Gasteiger partial charge in [-0.15, -0.1) is 0 Å². The van der Waals surface area contributed by atoms with Gasteiger partial charge in [-0.3, -0.25) is 0 Å². The second kappa shape index (κ2) is 4.61. The SMILES string of the molecule is CSc1nccc(N[C@H]2CCNC2)n1. The first-order valence-corrected chi connectivity index (χ1v) is 5.95. The van der Waals surface area contributed by atoms with Gasteiger partial charge in [0.1, 0.15) is 5.82 Å². The zero-order chi connectivity index (χ0) is 9.80. The van der Waals surface area contributed by atoms with Crippen LogP contribution in [0.3, 0.4) is 0 Å². The predicted molar refractivity (Wildman–Crippen MR) is 58.7 cm³/mol. The minimum atomic E-state index is 0.514. The molecule has 4 nitrogen and oxygen atoms in total. The molecule has 0 bridgehead atoms. The highest BCUT2D eigenvalue weighted by molar-refractivity contribution is 7.98. The molecule has 2 heterocycles. The quantitative estimate of drug-likeness (QED) is 0.575. The fourth-order valence-corrected chi connectivity index (χ4v) is 1.86. The zero-order valence-corrected chi connectivity index (χ0v) is 8.97. The molecule has 0 radical (unpaired) electrons. The second-order valence-electron chi connectivity index (χ2n) is 3.26. The molecular formula is C9H14N4S. The first-order valence-electron chi connectivity index (χ1n) is 4.73. The molecule has 1 fully saturated rings. The third kappa shape index (κ3) is 2.36. The van der Waals surface area contributed by atoms with Gasteiger partial charge in [0.15, 0.2) is 5.16 Å². The van der Waals surface area contributed by atoms with E-state index < -0.39 is 0 Å². The van der Waals surface area contributed by atoms with E-state index in [1.54, 1.807) is 18.0 Å². The molecular weight excluding hydrogens is 196 g/mol. The lowest BCUT2D eigenvalue weighted by Crippen LogP contribution is -2.22. The van der Waals surface area contributed by atoms with Crippen molar-refractivity contribution in [3.05, 3.63) is 12.3 Å². The van der Waals surface area contributed by atoms with E-state index in [1.807, 2.05) is 12.3 Å². The summed E-state index contributed by atoms with van der Waals surface area (Å²) in [7, 11) is 0. The molecule has 0 spiro atoms. The Kier molecular flexibility index (Phi) is 3.21. The van der Waals surface area contributed by atoms with Crippen molar-refractivity contribution in [2.75, 3.05) is 24.7 Å². The highest BCUT2D eigenvalue weighted by Gasteiger charge is 2.14. The van der Waals surface area contributed by atoms with E-state index in [1.165, 1.54) is 6.42 Å². The topological polar surface area (TPSA) is 49.8 Å². The van der Waals surface area contributed by atoms with Crippen LogP contribution in [-0.4, -0.2) is 35.4 Å². The molecule has 1 atom stereocenters. The normalized spacial score (nSPS) is 21.1. The van der Waals surface area contributed by atoms with Crippen LogP contribution >= 0.6 is 11.8 Å². The van der Waals surface area contributed by atoms with Crippen molar-refractivity contribution in [2.45, 2.75) is 17.6 Å². The van der Waals surface area contributed by atoms with Gasteiger partial charge in [0, 0.05) is 18.8 Å². The number of hydrogen-bond donors (Lipinski definition) is 2. The van der Waals surface area contributed by atoms with Crippen LogP contribution in [0.25, 0.3) is 0 Å². The fraction of sp³-hybridized carbons (Fsp3) is 0.556. The summed E-state index contributed by atoms with van der Waals surface area (Å²) in [4.78, 5) is 8.50. The van der Waals surface area contributed by atoms with Gasteiger partial charge in [-0.1, -0.05) is 11.8 Å². The summed E-state index contributed by atoms with van der Waals surface area (Å²) in [6, 6.07) is 2.43. The van der Waals surface area contributed by atoms with Crippen LogP contribution in [0, 0.1) is 0 Å². The van der Waals surface area contributed by atoms with Crippen LogP contribution in [0.15, 0.2) is 17.4 Å². The molecule has 2 N–H and O–H groups in total. The first kappa shape index (κ1) is 9.73. The molecule has 14 heavy (non-hydrogen) atoms. The van der Waals surface area contributed by atoms with Gasteiger partial charge >= 0.3 is 0 Å². The molecule has 76 valence electrons. The number of aromatic nitrogens is 2. The molecule has 1 saturated heterocycles. The molecule has 0 aromatic carbocycles. The van der Waals surface area contributed by atoms with Gasteiger partial charge in [-0.25, -0.2) is 9.97 Å². The van der Waals surface area contributed by atoms with Crippen molar-refractivity contribution in [2.24, 2.45) is 0 Å². The van der Waals surface area contributed by atoms with Crippen molar-refractivity contribution in [1.82, 2.24) is 15.3 Å². The van der Waals surface area contributed by atoms with Gasteiger partial charge < -0.3 is 10.6 Å². The number of rotatable bonds is 3. The van der Waals surface area contributed by atoms with Gasteiger partial charge in [0.2, 0.25) is 0 Å². The fourth-order valence-electron chi connectivity index (χ4n) is 1.51. The lowest BCUT2D eigenvalue weighted by Gasteiger charge is -2.11. The average molecular weight is 210 g/mol. The summed E-state index contributed by atoms with van der Waals surface area (Å²) < 4.78 is 0. The van der Waals surface area contributed by atoms with Gasteiger partial charge in [0.25, 0.3) is 0 Å². The molecule has 0 saturated carbocycles. The number of anilines is 1. The van der Waals surface area contributed by atoms with Crippen LogP contribution in [0.1, 0.15) is 6.42 Å². The molecule has 0 amide bonds. The maximum absolute atomic E-state index is 4.37. The largest absolute Gasteiger partial charge is 0.366 e. The molecule has 0 unspecified atom stereocenters. The minimum absolute atomic E-state index is 0.514. The van der Waals surface area contributed by atoms with Crippen LogP contribution in [-0.2, 0) is 0 Å². The Balaban J connectivity index is 2.00. The summed E-state index contributed by atoms with van der Waals surface area (Å²) in [5.41, 5.74) is 0. The Labute approximate surface area is 87.9 Å². The average Bonchev–Trinajstić information content (AvgIpc) is 2.71. The molecule has 1 aliphatic heterocycles. The maximum Gasteiger partial charge on any atom is 0.189 e. The monoisotopic (exact) mass is 210 g/mol. The highest BCUT2D eigenvalue weighted by atomic mass is 32.2. The van der Waals surface area contributed by atoms with Crippen LogP contribution in [0.2, 0.25) is 0 Å². The predicted octanol–water partition coefficient (Wildman–Crippen LogP) is 0.972. The molecule has 1 aromatic heterocycles. The van der Waals surface area contributed by atoms with Crippen LogP contribution < -0.4 is 10.6 Å². The van der Waals surface area contributed by atoms with Crippen molar-refractivity contribution >= 4 is 17.6 Å². The standard InChI is InChI=1S/C9H14N4S/c1-14-9-11-5-3-8(13-9)12-7-2-4-10-6-7/h3,5,7,10H,2,4,6H2,1H3,(H,11,12,13)/t7-/m0/s1. The van der Waals surface area contributed by atoms with E-state index in [4.69, 9.17) is 0 Å². The smallest absolute Gasteiger partial charge is 0.189 e. The van der Waals surface area contributed by atoms with E-state index in [0.717, 1.165) is 24.1 Å². The summed E-state index contributed by atoms with van der Waals surface area (Å²) >= 11 is 1.56. The maximum atomic E-state index is 4.37. The Hall–Kier alpha value is -0.810. The van der Waals surface area contributed by atoms with Crippen molar-refractivity contribution in [3.8, 4) is 0 Å². The van der Waals surface area contributed by atoms with E-state index in [0.29, 0.717) is 6.04 Å². The summed E-state index contributed by atoms with van der Waals surface area (Å²) in [6.07, 6.45) is 4.94. The van der Waals surface area contributed by atoms with E-state index in [-0.39, 0.29) is 0 Å². The molecule has 2 rings (SSSR count). The Morgan fingerprint density at radius 1 is 1.64 bits per heavy atom. The molecule has 1 aromatic rings. The van der Waals surface area contributed by atoms with Gasteiger partial charge in [-0.2, -0.15) is 0 Å². The number of hydrogen-bond acceptors (Lipinski definition) is 5. The van der Waals surface area contributed by atoms with E-state index in [9.17, 15) is 0 Å². The van der Waals surface area contributed by atoms with E-state index in [2.05, 4.69) is 20.6 Å². The lowest BCUT2D eigenvalue weighted by molar-refractivity contribution is 0.781. The third-order valence-electron chi connectivity index (χ3n) is 2.23. The van der Waals surface area contributed by atoms with E-state index >= 15 is 0 Å². The molecule has 0 aliphatic carbocycles. The van der Waals surface area contributed by atoms with Crippen molar-refractivity contribution < 1.29 is 0 Å². The van der Waals surface area contributed by atoms with Crippen molar-refractivity contribution in [1.29, 1.82) is 0 Å². The molecule has 1 aliphatic rings. The first-order chi connectivity index (χ1) is 6.88. The lowest BCUT2D eigenvalue weighted by atomic mass is 10.2. The van der Waals surface area contributed by atoms with Gasteiger partial charge in [0.05, 0.1) is 0 Å². The summed E-state index contributed by atoms with van der Waals surface area (Å²) in [5, 5.41) is 7.52. The Morgan fingerprint density at radius 3 is 3.29 bits per heavy atom. The van der Waals surface area contributed by atoms with Crippen LogP contribution in [0.4, 0.5) is 5.82 Å². The zero-order valence-electron chi connectivity index (χ0n) is 8.16. The Bertz CT molecular complexity index is 299. The minimum Gasteiger partial charge on any atom is -0.366 e. The van der Waals surface area contributed by atoms with Gasteiger partial charge in [-0.05, 0) is 25.3 Å². The van der Waals surface area contributed by atoms with Crippen LogP contribution in [0.5, 0.6) is 0 Å². The second-order valence-corrected chi connectivity index (χ2v) is 4.04. The highest BCUT2D eigenvalue weighted by Crippen LogP contribution is 2.12. The summed E-state index contributed by atoms with van der Waals surface area (Å²) in [6.45, 7) is 2.12. The van der Waals surface area contributed by atoms with Crippen molar-refractivity contribution in [3.63, 3.8) is 0 Å². The number of nitrogens with zero attached hydrogens (tertiary/aromatic N) is 2. The summed E-state index contributed by atoms with van der Waals surface area (Å²) in [5.74, 6) is 0.929. The third-order valence-corrected chi connectivity index (χ3v) is 2.79. The molecule has 5 heteroatoms. The number of nitrogens with one attached hydrogen (secondary N) is 2. The Morgan fingerprint density at radius 2 is 2.57 bits per heavy atom.